The van der Waals surface area contributed by atoms with Crippen LogP contribution in [0.25, 0.3) is 10.4 Å². The van der Waals surface area contributed by atoms with E-state index in [0.29, 0.717) is 37.6 Å². The SMILES string of the molecule is CCCOc1ccc(S(OS(=O)(=O)CC23CCC(CC2=O)C3(C)C)(c2ccc(OCCC)cc2)c2ccc(-c3ccccc3)s2)cc1. The van der Waals surface area contributed by atoms with Gasteiger partial charge in [0, 0.05) is 21.1 Å². The van der Waals surface area contributed by atoms with E-state index >= 15 is 0 Å². The minimum Gasteiger partial charge on any atom is -0.494 e. The monoisotopic (exact) mass is 692 g/mol. The summed E-state index contributed by atoms with van der Waals surface area (Å²) in [6.45, 7) is 9.39. The molecular formula is C38H44O6S3. The minimum atomic E-state index is -4.26. The van der Waals surface area contributed by atoms with Gasteiger partial charge in [0.25, 0.3) is 10.1 Å². The van der Waals surface area contributed by atoms with Crippen molar-refractivity contribution in [3.8, 4) is 21.9 Å². The second-order valence-electron chi connectivity index (χ2n) is 13.1. The van der Waals surface area contributed by atoms with Crippen molar-refractivity contribution < 1.29 is 26.3 Å². The molecule has 0 N–H and O–H groups in total. The lowest BCUT2D eigenvalue weighted by Gasteiger charge is -2.41. The van der Waals surface area contributed by atoms with E-state index in [-0.39, 0.29) is 17.5 Å². The van der Waals surface area contributed by atoms with Gasteiger partial charge in [0.15, 0.2) is 0 Å². The van der Waals surface area contributed by atoms with Crippen LogP contribution in [0.5, 0.6) is 11.5 Å². The number of Topliss-reactive ketones (excluding diaryl/α,β-unsaturated/α-hetero) is 1. The summed E-state index contributed by atoms with van der Waals surface area (Å²) >= 11 is 1.53. The quantitative estimate of drug-likeness (QED) is 0.131. The summed E-state index contributed by atoms with van der Waals surface area (Å²) in [5, 5.41) is 0. The zero-order valence-electron chi connectivity index (χ0n) is 27.6. The second-order valence-corrected chi connectivity index (χ2v) is 18.9. The van der Waals surface area contributed by atoms with Crippen LogP contribution in [0, 0.1) is 16.7 Å². The number of ketones is 1. The van der Waals surface area contributed by atoms with Crippen LogP contribution in [0.15, 0.2) is 105 Å². The normalized spacial score (nSPS) is 20.8. The average Bonchev–Trinajstić information content (AvgIpc) is 3.71. The summed E-state index contributed by atoms with van der Waals surface area (Å²) in [6, 6.07) is 29.3. The smallest absolute Gasteiger partial charge is 0.278 e. The molecule has 0 saturated heterocycles. The van der Waals surface area contributed by atoms with Crippen molar-refractivity contribution in [2.24, 2.45) is 16.7 Å². The zero-order chi connectivity index (χ0) is 33.3. The number of carbonyl (C=O) groups is 1. The Hall–Kier alpha value is -3.11. The molecule has 9 heteroatoms. The fourth-order valence-electron chi connectivity index (χ4n) is 7.20. The van der Waals surface area contributed by atoms with E-state index in [4.69, 9.17) is 13.1 Å². The van der Waals surface area contributed by atoms with Crippen LogP contribution in [-0.2, 0) is 18.5 Å². The van der Waals surface area contributed by atoms with Gasteiger partial charge in [-0.25, -0.2) is 3.63 Å². The molecule has 2 unspecified atom stereocenters. The molecule has 0 radical (unpaired) electrons. The zero-order valence-corrected chi connectivity index (χ0v) is 30.0. The summed E-state index contributed by atoms with van der Waals surface area (Å²) < 4.78 is 48.6. The molecule has 1 heterocycles. The maximum Gasteiger partial charge on any atom is 0.278 e. The van der Waals surface area contributed by atoms with E-state index in [1.165, 1.54) is 11.3 Å². The number of hydrogen-bond donors (Lipinski definition) is 0. The number of hydrogen-bond acceptors (Lipinski definition) is 7. The van der Waals surface area contributed by atoms with Crippen LogP contribution >= 0.6 is 21.6 Å². The van der Waals surface area contributed by atoms with Gasteiger partial charge in [-0.1, -0.05) is 58.0 Å². The molecule has 3 aromatic carbocycles. The third kappa shape index (κ3) is 6.28. The Bertz CT molecular complexity index is 1740. The Morgan fingerprint density at radius 1 is 0.787 bits per heavy atom. The highest BCUT2D eigenvalue weighted by Crippen LogP contribution is 2.73. The van der Waals surface area contributed by atoms with E-state index in [1.807, 2.05) is 91.0 Å². The summed E-state index contributed by atoms with van der Waals surface area (Å²) in [5.74, 6) is 1.33. The Labute approximate surface area is 285 Å². The summed E-state index contributed by atoms with van der Waals surface area (Å²) in [7, 11) is -7.12. The number of rotatable bonds is 14. The number of fused-ring (bicyclic) bond motifs is 2. The highest BCUT2D eigenvalue weighted by molar-refractivity contribution is 8.34. The topological polar surface area (TPSA) is 78.9 Å². The highest BCUT2D eigenvalue weighted by atomic mass is 32.3. The third-order valence-electron chi connectivity index (χ3n) is 9.95. The van der Waals surface area contributed by atoms with Crippen molar-refractivity contribution in [1.82, 2.24) is 0 Å². The molecule has 6 rings (SSSR count). The molecule has 2 saturated carbocycles. The molecule has 0 spiro atoms. The van der Waals surface area contributed by atoms with Gasteiger partial charge in [-0.2, -0.15) is 8.42 Å². The summed E-state index contributed by atoms with van der Waals surface area (Å²) in [5.41, 5.74) is -0.332. The molecule has 47 heavy (non-hydrogen) atoms. The Morgan fingerprint density at radius 3 is 1.85 bits per heavy atom. The largest absolute Gasteiger partial charge is 0.494 e. The highest BCUT2D eigenvalue weighted by Gasteiger charge is 2.65. The van der Waals surface area contributed by atoms with Crippen LogP contribution < -0.4 is 9.47 Å². The first-order valence-corrected chi connectivity index (χ1v) is 20.4. The maximum atomic E-state index is 14.6. The van der Waals surface area contributed by atoms with Gasteiger partial charge in [-0.15, -0.1) is 11.3 Å². The van der Waals surface area contributed by atoms with Gasteiger partial charge in [-0.05, 0) is 114 Å². The van der Waals surface area contributed by atoms with E-state index in [9.17, 15) is 13.2 Å². The molecule has 6 nitrogen and oxygen atoms in total. The molecule has 0 aliphatic heterocycles. The first-order valence-electron chi connectivity index (χ1n) is 16.5. The van der Waals surface area contributed by atoms with Crippen molar-refractivity contribution in [3.05, 3.63) is 91.0 Å². The van der Waals surface area contributed by atoms with Gasteiger partial charge in [0.1, 0.15) is 17.3 Å². The number of thiophene rings is 1. The Balaban J connectivity index is 1.52. The van der Waals surface area contributed by atoms with E-state index in [0.717, 1.165) is 43.7 Å². The fourth-order valence-corrected chi connectivity index (χ4v) is 15.2. The molecular weight excluding hydrogens is 649 g/mol. The predicted octanol–water partition coefficient (Wildman–Crippen LogP) is 9.93. The number of benzene rings is 3. The first kappa shape index (κ1) is 33.8. The van der Waals surface area contributed by atoms with Gasteiger partial charge >= 0.3 is 0 Å². The standard InChI is InChI=1S/C38H44O6S3/c1-5-24-42-30-12-16-32(17-13-30)47(33-18-14-31(15-19-33)43-25-6-2,36-21-20-34(45-36)28-10-8-7-9-11-28)44-46(40,41)27-38-23-22-29(26-35(38)39)37(38,3)4/h7-21,29H,5-6,22-27H2,1-4H3. The lowest BCUT2D eigenvalue weighted by molar-refractivity contribution is -0.128. The van der Waals surface area contributed by atoms with Crippen LogP contribution in [0.1, 0.15) is 59.8 Å². The molecule has 1 aromatic heterocycles. The van der Waals surface area contributed by atoms with Crippen molar-refractivity contribution in [1.29, 1.82) is 0 Å². The van der Waals surface area contributed by atoms with Crippen LogP contribution in [0.2, 0.25) is 0 Å². The molecule has 250 valence electrons. The summed E-state index contributed by atoms with van der Waals surface area (Å²) in [4.78, 5) is 16.0. The molecule has 2 bridgehead atoms. The van der Waals surface area contributed by atoms with Gasteiger partial charge in [0.2, 0.25) is 0 Å². The van der Waals surface area contributed by atoms with E-state index in [2.05, 4.69) is 27.7 Å². The summed E-state index contributed by atoms with van der Waals surface area (Å²) in [6.07, 6.45) is 3.61. The number of carbonyl (C=O) groups excluding carboxylic acids is 1. The van der Waals surface area contributed by atoms with Gasteiger partial charge in [0.05, 0.1) is 28.6 Å². The third-order valence-corrected chi connectivity index (χ3v) is 16.9. The van der Waals surface area contributed by atoms with E-state index in [1.54, 1.807) is 0 Å². The lowest BCUT2D eigenvalue weighted by atomic mass is 9.70. The molecule has 4 aromatic rings. The van der Waals surface area contributed by atoms with Crippen LogP contribution in [0.4, 0.5) is 0 Å². The van der Waals surface area contributed by atoms with Gasteiger partial charge < -0.3 is 9.47 Å². The second kappa shape index (κ2) is 13.4. The predicted molar refractivity (Wildman–Crippen MR) is 190 cm³/mol. The number of ether oxygens (including phenoxy) is 2. The van der Waals surface area contributed by atoms with Gasteiger partial charge in [-0.3, -0.25) is 4.79 Å². The Kier molecular flexibility index (Phi) is 9.64. The average molecular weight is 693 g/mol. The van der Waals surface area contributed by atoms with Crippen molar-refractivity contribution in [2.75, 3.05) is 19.0 Å². The Morgan fingerprint density at radius 2 is 1.36 bits per heavy atom. The minimum absolute atomic E-state index is 0.0452. The van der Waals surface area contributed by atoms with Crippen LogP contribution in [0.3, 0.4) is 0 Å². The maximum absolute atomic E-state index is 14.6. The van der Waals surface area contributed by atoms with Crippen molar-refractivity contribution in [3.63, 3.8) is 0 Å². The first-order chi connectivity index (χ1) is 22.5. The fraction of sp³-hybridized carbons (Fsp3) is 0.395. The molecule has 2 aliphatic carbocycles. The molecule has 0 amide bonds. The van der Waals surface area contributed by atoms with Crippen molar-refractivity contribution >= 4 is 37.5 Å². The van der Waals surface area contributed by atoms with Crippen LogP contribution in [-0.4, -0.2) is 33.2 Å². The van der Waals surface area contributed by atoms with E-state index < -0.39 is 31.3 Å². The molecule has 2 fully saturated rings. The lowest BCUT2D eigenvalue weighted by Crippen LogP contribution is -2.42. The molecule has 2 atom stereocenters. The van der Waals surface area contributed by atoms with Crippen molar-refractivity contribution in [2.45, 2.75) is 73.8 Å². The molecule has 2 aliphatic rings.